The minimum absolute atomic E-state index is 0.647. The maximum atomic E-state index is 2.50. The molecule has 1 rings (SSSR count). The fraction of sp³-hybridized carbons (Fsp3) is 0.600. The summed E-state index contributed by atoms with van der Waals surface area (Å²) in [6.07, 6.45) is 13.0. The predicted octanol–water partition coefficient (Wildman–Crippen LogP) is 4.67. The van der Waals surface area contributed by atoms with E-state index in [1.54, 1.807) is 10.9 Å². The molecule has 0 radical (unpaired) electrons. The third kappa shape index (κ3) is 10.5. The maximum absolute atomic E-state index is 2.50. The lowest BCUT2D eigenvalue weighted by molar-refractivity contribution is 0.634. The van der Waals surface area contributed by atoms with Gasteiger partial charge in [-0.25, -0.2) is 0 Å². The fourth-order valence-corrected chi connectivity index (χ4v) is 3.02. The molecule has 0 aromatic heterocycles. The Kier molecular flexibility index (Phi) is 11.0. The Bertz CT molecular complexity index is 428. The minimum Gasteiger partial charge on any atom is -0.127 e. The molecule has 124 valence electrons. The van der Waals surface area contributed by atoms with Crippen LogP contribution in [0, 0.1) is 11.8 Å². The van der Waals surface area contributed by atoms with Crippen LogP contribution in [-0.2, 0) is 0 Å². The topological polar surface area (TPSA) is 0 Å². The summed E-state index contributed by atoms with van der Waals surface area (Å²) in [5.41, 5.74) is 3.23. The molecule has 0 heterocycles. The summed E-state index contributed by atoms with van der Waals surface area (Å²) in [7, 11) is 3.35. The second-order valence-corrected chi connectivity index (χ2v) is 7.54. The molecule has 1 aliphatic carbocycles. The van der Waals surface area contributed by atoms with Crippen LogP contribution in [0.25, 0.3) is 0 Å². The van der Waals surface area contributed by atoms with Gasteiger partial charge in [-0.05, 0) is 31.1 Å². The van der Waals surface area contributed by atoms with Gasteiger partial charge < -0.3 is 0 Å². The van der Waals surface area contributed by atoms with Gasteiger partial charge in [0.25, 0.3) is 0 Å². The summed E-state index contributed by atoms with van der Waals surface area (Å²) < 4.78 is 0. The molecule has 0 unspecified atom stereocenters. The van der Waals surface area contributed by atoms with E-state index in [2.05, 4.69) is 63.7 Å². The lowest BCUT2D eigenvalue weighted by atomic mass is 9.58. The van der Waals surface area contributed by atoms with Crippen molar-refractivity contribution in [2.75, 3.05) is 0 Å². The summed E-state index contributed by atoms with van der Waals surface area (Å²) in [6, 6.07) is 0. The van der Waals surface area contributed by atoms with Gasteiger partial charge in [0.05, 0.1) is 0 Å². The van der Waals surface area contributed by atoms with Crippen molar-refractivity contribution in [1.29, 1.82) is 0 Å². The summed E-state index contributed by atoms with van der Waals surface area (Å²) in [4.78, 5) is 0. The predicted molar refractivity (Wildman–Crippen MR) is 113 cm³/mol. The lowest BCUT2D eigenvalue weighted by Crippen LogP contribution is -2.04. The maximum Gasteiger partial charge on any atom is 0.176 e. The van der Waals surface area contributed by atoms with Gasteiger partial charge in [0, 0.05) is 0 Å². The van der Waals surface area contributed by atoms with E-state index in [1.165, 1.54) is 38.5 Å². The zero-order valence-electron chi connectivity index (χ0n) is 16.0. The normalized spacial score (nSPS) is 19.7. The van der Waals surface area contributed by atoms with Gasteiger partial charge in [-0.3, -0.25) is 0 Å². The molecule has 0 bridgehead atoms. The van der Waals surface area contributed by atoms with E-state index in [4.69, 9.17) is 0 Å². The Morgan fingerprint density at radius 3 is 2.52 bits per heavy atom. The third-order valence-electron chi connectivity index (χ3n) is 4.56. The highest BCUT2D eigenvalue weighted by atomic mass is 14.0. The average molecular weight is 308 g/mol. The molecule has 0 saturated carbocycles. The molecular formula is C20H35B3. The molecule has 3 heteroatoms. The van der Waals surface area contributed by atoms with Gasteiger partial charge in [-0.1, -0.05) is 59.1 Å². The van der Waals surface area contributed by atoms with Crippen LogP contribution in [0.3, 0.4) is 0 Å². The smallest absolute Gasteiger partial charge is 0.127 e. The van der Waals surface area contributed by atoms with Crippen molar-refractivity contribution in [1.82, 2.24) is 0 Å². The summed E-state index contributed by atoms with van der Waals surface area (Å²) >= 11 is 0. The third-order valence-corrected chi connectivity index (χ3v) is 4.56. The number of rotatable bonds is 8. The Morgan fingerprint density at radius 1 is 1.00 bits per heavy atom. The number of hydrogen-bond acceptors (Lipinski definition) is 0. The van der Waals surface area contributed by atoms with Crippen LogP contribution in [0.1, 0.15) is 66.2 Å². The fourth-order valence-electron chi connectivity index (χ4n) is 3.02. The molecule has 0 amide bonds. The SMILES string of the molecule is CC(C)C=CBC(=CBC=CB/C1=C/CCCCCC1)C(C)C. The Morgan fingerprint density at radius 2 is 1.78 bits per heavy atom. The highest BCUT2D eigenvalue weighted by molar-refractivity contribution is 6.59. The molecule has 0 atom stereocenters. The molecule has 0 nitrogen and oxygen atoms in total. The molecule has 0 aromatic carbocycles. The second-order valence-electron chi connectivity index (χ2n) is 7.54. The molecular weight excluding hydrogens is 273 g/mol. The first kappa shape index (κ1) is 20.2. The summed E-state index contributed by atoms with van der Waals surface area (Å²) in [5.74, 6) is 10.8. The molecule has 1 aliphatic rings. The van der Waals surface area contributed by atoms with Gasteiger partial charge in [0.2, 0.25) is 0 Å². The second kappa shape index (κ2) is 12.6. The minimum atomic E-state index is 0.647. The van der Waals surface area contributed by atoms with Crippen molar-refractivity contribution >= 4 is 21.8 Å². The van der Waals surface area contributed by atoms with Gasteiger partial charge in [-0.2, -0.15) is 0 Å². The van der Waals surface area contributed by atoms with Crippen LogP contribution in [0.5, 0.6) is 0 Å². The Hall–Kier alpha value is -0.845. The average Bonchev–Trinajstić information content (AvgIpc) is 2.46. The van der Waals surface area contributed by atoms with Crippen LogP contribution in [-0.4, -0.2) is 21.8 Å². The first-order valence-corrected chi connectivity index (χ1v) is 9.78. The van der Waals surface area contributed by atoms with Crippen molar-refractivity contribution in [3.8, 4) is 0 Å². The van der Waals surface area contributed by atoms with E-state index in [1.807, 2.05) is 0 Å². The van der Waals surface area contributed by atoms with Crippen LogP contribution in [0.2, 0.25) is 0 Å². The van der Waals surface area contributed by atoms with Crippen LogP contribution >= 0.6 is 0 Å². The summed E-state index contributed by atoms with van der Waals surface area (Å²) in [5, 5.41) is 0. The van der Waals surface area contributed by atoms with Crippen LogP contribution in [0.15, 0.2) is 47.0 Å². The molecule has 0 fully saturated rings. The Balaban J connectivity index is 2.40. The highest BCUT2D eigenvalue weighted by Gasteiger charge is 2.03. The molecule has 0 spiro atoms. The monoisotopic (exact) mass is 308 g/mol. The van der Waals surface area contributed by atoms with Crippen molar-refractivity contribution in [2.24, 2.45) is 11.8 Å². The lowest BCUT2D eigenvalue weighted by Gasteiger charge is -2.09. The number of hydrogen-bond donors (Lipinski definition) is 0. The number of allylic oxidation sites excluding steroid dienone is 4. The molecule has 0 aromatic rings. The van der Waals surface area contributed by atoms with Gasteiger partial charge in [0.1, 0.15) is 0 Å². The van der Waals surface area contributed by atoms with Crippen LogP contribution < -0.4 is 0 Å². The highest BCUT2D eigenvalue weighted by Crippen LogP contribution is 2.16. The molecule has 23 heavy (non-hydrogen) atoms. The molecule has 0 saturated heterocycles. The van der Waals surface area contributed by atoms with Gasteiger partial charge in [0.15, 0.2) is 21.8 Å². The van der Waals surface area contributed by atoms with Gasteiger partial charge in [-0.15, -0.1) is 34.8 Å². The van der Waals surface area contributed by atoms with Crippen LogP contribution in [0.4, 0.5) is 0 Å². The zero-order chi connectivity index (χ0) is 16.9. The molecule has 0 N–H and O–H groups in total. The first-order chi connectivity index (χ1) is 11.1. The largest absolute Gasteiger partial charge is 0.176 e. The van der Waals surface area contributed by atoms with E-state index in [0.29, 0.717) is 11.8 Å². The van der Waals surface area contributed by atoms with Crippen molar-refractivity contribution in [2.45, 2.75) is 66.2 Å². The van der Waals surface area contributed by atoms with Gasteiger partial charge >= 0.3 is 0 Å². The van der Waals surface area contributed by atoms with E-state index >= 15 is 0 Å². The standard InChI is InChI=1S/C20H35B3/c1-17(2)12-13-23-20(18(3)4)16-21-14-15-22-19-10-8-6-5-7-9-11-19/h10,12-18,21-23H,5-9,11H2,1-4H3/b13-12?,15-14?,19-10+,20-16?. The van der Waals surface area contributed by atoms with E-state index < -0.39 is 0 Å². The van der Waals surface area contributed by atoms with E-state index in [-0.39, 0.29) is 0 Å². The van der Waals surface area contributed by atoms with Crippen molar-refractivity contribution < 1.29 is 0 Å². The van der Waals surface area contributed by atoms with E-state index in [0.717, 1.165) is 21.8 Å². The Labute approximate surface area is 147 Å². The first-order valence-electron chi connectivity index (χ1n) is 9.78. The molecule has 0 aliphatic heterocycles. The quantitative estimate of drug-likeness (QED) is 0.572. The van der Waals surface area contributed by atoms with Crippen molar-refractivity contribution in [3.63, 3.8) is 0 Å². The van der Waals surface area contributed by atoms with E-state index in [9.17, 15) is 0 Å². The zero-order valence-corrected chi connectivity index (χ0v) is 16.0. The summed E-state index contributed by atoms with van der Waals surface area (Å²) in [6.45, 7) is 9.08. The van der Waals surface area contributed by atoms with Crippen molar-refractivity contribution in [3.05, 3.63) is 47.0 Å².